The molecule has 0 bridgehead atoms. The lowest BCUT2D eigenvalue weighted by Crippen LogP contribution is -2.38. The summed E-state index contributed by atoms with van der Waals surface area (Å²) in [6.45, 7) is 5.71. The summed E-state index contributed by atoms with van der Waals surface area (Å²) in [5.41, 5.74) is 2.96. The van der Waals surface area contributed by atoms with Gasteiger partial charge in [-0.25, -0.2) is 0 Å². The number of amides is 1. The van der Waals surface area contributed by atoms with Crippen molar-refractivity contribution in [2.75, 3.05) is 23.3 Å². The molecule has 3 aromatic rings. The van der Waals surface area contributed by atoms with Gasteiger partial charge < -0.3 is 14.7 Å². The van der Waals surface area contributed by atoms with E-state index in [-0.39, 0.29) is 11.8 Å². The first kappa shape index (κ1) is 20.4. The number of carbonyl (C=O) groups excluding carboxylic acids is 1. The third kappa shape index (κ3) is 4.65. The Kier molecular flexibility index (Phi) is 6.04. The maximum atomic E-state index is 12.7. The average Bonchev–Trinajstić information content (AvgIpc) is 3.25. The highest BCUT2D eigenvalue weighted by Gasteiger charge is 2.27. The van der Waals surface area contributed by atoms with E-state index in [9.17, 15) is 4.79 Å². The van der Waals surface area contributed by atoms with E-state index < -0.39 is 0 Å². The number of nitrogens with one attached hydrogen (secondary N) is 1. The molecule has 0 unspecified atom stereocenters. The van der Waals surface area contributed by atoms with Crippen LogP contribution in [0.1, 0.15) is 38.2 Å². The maximum Gasteiger partial charge on any atom is 0.324 e. The van der Waals surface area contributed by atoms with Crippen LogP contribution in [0, 0.1) is 5.92 Å². The Labute approximate surface area is 181 Å². The second-order valence-corrected chi connectivity index (χ2v) is 8.37. The molecule has 1 fully saturated rings. The van der Waals surface area contributed by atoms with Crippen LogP contribution < -0.4 is 10.2 Å². The molecule has 7 heteroatoms. The van der Waals surface area contributed by atoms with Crippen molar-refractivity contribution in [3.63, 3.8) is 0 Å². The largest absolute Gasteiger partial charge is 0.326 e. The molecular formula is C23H25ClN4O2. The highest BCUT2D eigenvalue weighted by atomic mass is 35.5. The van der Waals surface area contributed by atoms with Gasteiger partial charge in [-0.3, -0.25) is 4.79 Å². The Balaban J connectivity index is 1.32. The molecule has 0 saturated carbocycles. The third-order valence-electron chi connectivity index (χ3n) is 5.50. The molecule has 1 aliphatic heterocycles. The minimum absolute atomic E-state index is 0.0234. The van der Waals surface area contributed by atoms with E-state index in [1.165, 1.54) is 5.56 Å². The number of benzene rings is 2. The van der Waals surface area contributed by atoms with Crippen LogP contribution in [0.15, 0.2) is 53.1 Å². The van der Waals surface area contributed by atoms with Gasteiger partial charge in [0.1, 0.15) is 0 Å². The Bertz CT molecular complexity index is 991. The summed E-state index contributed by atoms with van der Waals surface area (Å²) < 4.78 is 5.44. The molecular weight excluding hydrogens is 400 g/mol. The molecule has 2 aromatic carbocycles. The molecule has 0 atom stereocenters. The van der Waals surface area contributed by atoms with E-state index in [1.807, 2.05) is 29.2 Å². The Morgan fingerprint density at radius 3 is 2.40 bits per heavy atom. The zero-order valence-corrected chi connectivity index (χ0v) is 17.9. The van der Waals surface area contributed by atoms with Crippen LogP contribution in [0.2, 0.25) is 5.02 Å². The lowest BCUT2D eigenvalue weighted by Gasteiger charge is -2.29. The van der Waals surface area contributed by atoms with Crippen molar-refractivity contribution >= 4 is 29.2 Å². The molecule has 0 spiro atoms. The average molecular weight is 425 g/mol. The number of halogens is 1. The standard InChI is InChI=1S/C23H25ClN4O2/c1-15(2)16-5-9-20(10-6-16)25-22(29)18-11-13-28(14-12-18)23-26-21(27-30-23)17-3-7-19(24)8-4-17/h3-10,15,18H,11-14H2,1-2H3,(H,25,29). The molecule has 2 heterocycles. The van der Waals surface area contributed by atoms with Crippen molar-refractivity contribution in [3.8, 4) is 11.4 Å². The molecule has 1 aliphatic rings. The van der Waals surface area contributed by atoms with Gasteiger partial charge >= 0.3 is 6.01 Å². The van der Waals surface area contributed by atoms with Crippen LogP contribution in [-0.2, 0) is 4.79 Å². The predicted octanol–water partition coefficient (Wildman–Crippen LogP) is 5.37. The summed E-state index contributed by atoms with van der Waals surface area (Å²) in [6.07, 6.45) is 1.49. The predicted molar refractivity (Wildman–Crippen MR) is 119 cm³/mol. The van der Waals surface area contributed by atoms with Gasteiger partial charge in [-0.2, -0.15) is 4.98 Å². The lowest BCUT2D eigenvalue weighted by molar-refractivity contribution is -0.120. The number of piperidine rings is 1. The van der Waals surface area contributed by atoms with Crippen LogP contribution in [0.5, 0.6) is 0 Å². The molecule has 30 heavy (non-hydrogen) atoms. The smallest absolute Gasteiger partial charge is 0.324 e. The molecule has 1 N–H and O–H groups in total. The van der Waals surface area contributed by atoms with Crippen LogP contribution in [0.3, 0.4) is 0 Å². The summed E-state index contributed by atoms with van der Waals surface area (Å²) in [6, 6.07) is 15.9. The fraction of sp³-hybridized carbons (Fsp3) is 0.348. The number of hydrogen-bond acceptors (Lipinski definition) is 5. The maximum absolute atomic E-state index is 12.7. The van der Waals surface area contributed by atoms with Gasteiger partial charge in [-0.1, -0.05) is 42.7 Å². The highest BCUT2D eigenvalue weighted by Crippen LogP contribution is 2.26. The second-order valence-electron chi connectivity index (χ2n) is 7.93. The van der Waals surface area contributed by atoms with Crippen LogP contribution in [0.25, 0.3) is 11.4 Å². The minimum Gasteiger partial charge on any atom is -0.326 e. The molecule has 156 valence electrons. The first-order valence-electron chi connectivity index (χ1n) is 10.2. The number of anilines is 2. The van der Waals surface area contributed by atoms with E-state index in [0.29, 0.717) is 35.9 Å². The fourth-order valence-corrected chi connectivity index (χ4v) is 3.71. The first-order chi connectivity index (χ1) is 14.5. The lowest BCUT2D eigenvalue weighted by atomic mass is 9.96. The minimum atomic E-state index is -0.0234. The first-order valence-corrected chi connectivity index (χ1v) is 10.6. The van der Waals surface area contributed by atoms with Crippen molar-refractivity contribution in [2.24, 2.45) is 5.92 Å². The molecule has 1 saturated heterocycles. The normalized spacial score (nSPS) is 14.9. The topological polar surface area (TPSA) is 71.3 Å². The number of rotatable bonds is 5. The van der Waals surface area contributed by atoms with Crippen LogP contribution in [0.4, 0.5) is 11.7 Å². The Morgan fingerprint density at radius 2 is 1.77 bits per heavy atom. The van der Waals surface area contributed by atoms with E-state index in [0.717, 1.165) is 24.1 Å². The molecule has 0 radical (unpaired) electrons. The van der Waals surface area contributed by atoms with E-state index >= 15 is 0 Å². The zero-order valence-electron chi connectivity index (χ0n) is 17.1. The SMILES string of the molecule is CC(C)c1ccc(NC(=O)C2CCN(c3nc(-c4ccc(Cl)cc4)no3)CC2)cc1. The van der Waals surface area contributed by atoms with Gasteiger partial charge in [0.05, 0.1) is 0 Å². The van der Waals surface area contributed by atoms with Crippen LogP contribution >= 0.6 is 11.6 Å². The number of aromatic nitrogens is 2. The van der Waals surface area contributed by atoms with Gasteiger partial charge in [0.25, 0.3) is 0 Å². The Hall–Kier alpha value is -2.86. The van der Waals surface area contributed by atoms with E-state index in [2.05, 4.69) is 41.4 Å². The van der Waals surface area contributed by atoms with Crippen molar-refractivity contribution in [3.05, 3.63) is 59.1 Å². The summed E-state index contributed by atoms with van der Waals surface area (Å²) in [5, 5.41) is 7.78. The monoisotopic (exact) mass is 424 g/mol. The molecule has 1 amide bonds. The van der Waals surface area contributed by atoms with Gasteiger partial charge in [0.15, 0.2) is 0 Å². The molecule has 4 rings (SSSR count). The van der Waals surface area contributed by atoms with Gasteiger partial charge in [0.2, 0.25) is 11.7 Å². The summed E-state index contributed by atoms with van der Waals surface area (Å²) >= 11 is 5.93. The molecule has 0 aliphatic carbocycles. The number of hydrogen-bond donors (Lipinski definition) is 1. The van der Waals surface area contributed by atoms with Crippen molar-refractivity contribution in [1.82, 2.24) is 10.1 Å². The molecule has 1 aromatic heterocycles. The number of carbonyl (C=O) groups is 1. The second kappa shape index (κ2) is 8.88. The van der Waals surface area contributed by atoms with Gasteiger partial charge in [-0.15, -0.1) is 0 Å². The van der Waals surface area contributed by atoms with Gasteiger partial charge in [-0.05, 0) is 60.7 Å². The zero-order chi connectivity index (χ0) is 21.1. The van der Waals surface area contributed by atoms with Gasteiger partial charge in [0, 0.05) is 35.3 Å². The van der Waals surface area contributed by atoms with E-state index in [1.54, 1.807) is 12.1 Å². The summed E-state index contributed by atoms with van der Waals surface area (Å²) in [5.74, 6) is 1.05. The van der Waals surface area contributed by atoms with E-state index in [4.69, 9.17) is 16.1 Å². The third-order valence-corrected chi connectivity index (χ3v) is 5.75. The number of nitrogens with zero attached hydrogens (tertiary/aromatic N) is 3. The highest BCUT2D eigenvalue weighted by molar-refractivity contribution is 6.30. The quantitative estimate of drug-likeness (QED) is 0.596. The summed E-state index contributed by atoms with van der Waals surface area (Å²) in [7, 11) is 0. The van der Waals surface area contributed by atoms with Crippen molar-refractivity contribution < 1.29 is 9.32 Å². The van der Waals surface area contributed by atoms with Crippen molar-refractivity contribution in [2.45, 2.75) is 32.6 Å². The van der Waals surface area contributed by atoms with Crippen LogP contribution in [-0.4, -0.2) is 29.1 Å². The summed E-state index contributed by atoms with van der Waals surface area (Å²) in [4.78, 5) is 19.2. The molecule has 6 nitrogen and oxygen atoms in total. The Morgan fingerprint density at radius 1 is 1.10 bits per heavy atom. The fourth-order valence-electron chi connectivity index (χ4n) is 3.59. The van der Waals surface area contributed by atoms with Crippen molar-refractivity contribution in [1.29, 1.82) is 0 Å².